The van der Waals surface area contributed by atoms with E-state index in [0.29, 0.717) is 6.42 Å². The van der Waals surface area contributed by atoms with Crippen LogP contribution in [-0.4, -0.2) is 38.9 Å². The first kappa shape index (κ1) is 12.6. The Kier molecular flexibility index (Phi) is 3.66. The maximum absolute atomic E-state index is 11.9. The third-order valence-electron chi connectivity index (χ3n) is 2.56. The minimum Gasteiger partial charge on any atom is -0.480 e. The van der Waals surface area contributed by atoms with E-state index in [0.717, 1.165) is 22.2 Å². The number of benzene rings is 1. The van der Waals surface area contributed by atoms with Crippen molar-refractivity contribution < 1.29 is 19.5 Å². The van der Waals surface area contributed by atoms with Crippen molar-refractivity contribution in [2.75, 3.05) is 6.54 Å². The Labute approximate surface area is 108 Å². The van der Waals surface area contributed by atoms with Crippen LogP contribution in [-0.2, 0) is 16.0 Å². The van der Waals surface area contributed by atoms with Gasteiger partial charge in [-0.25, -0.2) is 0 Å². The highest BCUT2D eigenvalue weighted by Crippen LogP contribution is 2.29. The molecule has 1 aromatic carbocycles. The lowest BCUT2D eigenvalue weighted by atomic mass is 10.1. The van der Waals surface area contributed by atoms with Crippen LogP contribution in [0.1, 0.15) is 5.56 Å². The number of carboxylic acids is 1. The highest BCUT2D eigenvalue weighted by atomic mass is 32.2. The summed E-state index contributed by atoms with van der Waals surface area (Å²) >= 11 is 0.893. The smallest absolute Gasteiger partial charge is 0.323 e. The van der Waals surface area contributed by atoms with E-state index in [1.165, 1.54) is 0 Å². The van der Waals surface area contributed by atoms with Crippen LogP contribution in [0.25, 0.3) is 0 Å². The maximum atomic E-state index is 11.9. The highest BCUT2D eigenvalue weighted by molar-refractivity contribution is 8.15. The van der Waals surface area contributed by atoms with Gasteiger partial charge in [0.15, 0.2) is 0 Å². The number of hydrogen-bond donors (Lipinski definition) is 1. The van der Waals surface area contributed by atoms with Crippen molar-refractivity contribution in [2.45, 2.75) is 11.7 Å². The van der Waals surface area contributed by atoms with Crippen LogP contribution in [0.5, 0.6) is 0 Å². The number of nitrogens with zero attached hydrogens (tertiary/aromatic N) is 1. The van der Waals surface area contributed by atoms with Crippen molar-refractivity contribution >= 4 is 28.9 Å². The zero-order valence-corrected chi connectivity index (χ0v) is 10.2. The van der Waals surface area contributed by atoms with E-state index in [-0.39, 0.29) is 0 Å². The Balaban J connectivity index is 2.06. The molecule has 0 bridgehead atoms. The molecule has 0 aromatic heterocycles. The molecule has 6 heteroatoms. The van der Waals surface area contributed by atoms with E-state index in [4.69, 9.17) is 5.11 Å². The van der Waals surface area contributed by atoms with Crippen LogP contribution in [0.15, 0.2) is 30.3 Å². The standard InChI is InChI=1S/C12H11NO4S/c14-10(15)7-13-11(16)9(18-12(13)17)6-8-4-2-1-3-5-8/h1-5,9H,6-7H2,(H,14,15). The van der Waals surface area contributed by atoms with Crippen LogP contribution >= 0.6 is 11.8 Å². The average molecular weight is 265 g/mol. The Bertz CT molecular complexity index is 488. The van der Waals surface area contributed by atoms with E-state index < -0.39 is 28.9 Å². The number of carbonyl (C=O) groups is 3. The van der Waals surface area contributed by atoms with E-state index in [9.17, 15) is 14.4 Å². The largest absolute Gasteiger partial charge is 0.480 e. The summed E-state index contributed by atoms with van der Waals surface area (Å²) in [5.41, 5.74) is 0.952. The molecule has 1 aromatic rings. The van der Waals surface area contributed by atoms with Gasteiger partial charge in [-0.05, 0) is 12.0 Å². The molecule has 1 N–H and O–H groups in total. The third kappa shape index (κ3) is 2.70. The van der Waals surface area contributed by atoms with Crippen LogP contribution in [0.3, 0.4) is 0 Å². The molecular formula is C12H11NO4S. The van der Waals surface area contributed by atoms with Crippen molar-refractivity contribution in [2.24, 2.45) is 0 Å². The van der Waals surface area contributed by atoms with Gasteiger partial charge in [-0.1, -0.05) is 42.1 Å². The monoisotopic (exact) mass is 265 g/mol. The van der Waals surface area contributed by atoms with Gasteiger partial charge in [-0.3, -0.25) is 19.3 Å². The molecule has 0 radical (unpaired) electrons. The zero-order valence-electron chi connectivity index (χ0n) is 9.41. The number of thioether (sulfide) groups is 1. The second-order valence-corrected chi connectivity index (χ2v) is 5.03. The first-order valence-electron chi connectivity index (χ1n) is 5.35. The summed E-state index contributed by atoms with van der Waals surface area (Å²) in [6.45, 7) is -0.560. The lowest BCUT2D eigenvalue weighted by Crippen LogP contribution is -2.36. The average Bonchev–Trinajstić information content (AvgIpc) is 2.58. The molecule has 5 nitrogen and oxygen atoms in total. The van der Waals surface area contributed by atoms with Gasteiger partial charge in [-0.2, -0.15) is 0 Å². The third-order valence-corrected chi connectivity index (χ3v) is 3.64. The fourth-order valence-electron chi connectivity index (χ4n) is 1.73. The van der Waals surface area contributed by atoms with E-state index in [1.807, 2.05) is 30.3 Å². The van der Waals surface area contributed by atoms with Crippen LogP contribution in [0, 0.1) is 0 Å². The van der Waals surface area contributed by atoms with E-state index >= 15 is 0 Å². The molecule has 0 aliphatic carbocycles. The summed E-state index contributed by atoms with van der Waals surface area (Å²) in [6.07, 6.45) is 0.437. The van der Waals surface area contributed by atoms with Crippen LogP contribution < -0.4 is 0 Å². The van der Waals surface area contributed by atoms with Crippen molar-refractivity contribution in [1.82, 2.24) is 4.90 Å². The van der Waals surface area contributed by atoms with Crippen LogP contribution in [0.4, 0.5) is 4.79 Å². The molecule has 2 rings (SSSR count). The minimum atomic E-state index is -1.18. The van der Waals surface area contributed by atoms with Gasteiger partial charge in [0.1, 0.15) is 6.54 Å². The van der Waals surface area contributed by atoms with Gasteiger partial charge in [0.05, 0.1) is 5.25 Å². The molecule has 1 atom stereocenters. The number of aliphatic carboxylic acids is 1. The number of hydrogen-bond acceptors (Lipinski definition) is 4. The molecule has 94 valence electrons. The Hall–Kier alpha value is -1.82. The molecule has 18 heavy (non-hydrogen) atoms. The van der Waals surface area contributed by atoms with Crippen LogP contribution in [0.2, 0.25) is 0 Å². The first-order chi connectivity index (χ1) is 8.58. The zero-order chi connectivity index (χ0) is 13.1. The quantitative estimate of drug-likeness (QED) is 0.890. The van der Waals surface area contributed by atoms with Crippen molar-refractivity contribution in [3.8, 4) is 0 Å². The first-order valence-corrected chi connectivity index (χ1v) is 6.23. The van der Waals surface area contributed by atoms with Gasteiger partial charge in [-0.15, -0.1) is 0 Å². The normalized spacial score (nSPS) is 19.3. The molecule has 1 heterocycles. The Morgan fingerprint density at radius 2 is 1.94 bits per heavy atom. The van der Waals surface area contributed by atoms with Gasteiger partial charge < -0.3 is 5.11 Å². The topological polar surface area (TPSA) is 74.7 Å². The Morgan fingerprint density at radius 3 is 2.56 bits per heavy atom. The Morgan fingerprint density at radius 1 is 1.28 bits per heavy atom. The predicted octanol–water partition coefficient (Wildman–Crippen LogP) is 1.38. The lowest BCUT2D eigenvalue weighted by Gasteiger charge is -2.10. The van der Waals surface area contributed by atoms with Crippen molar-refractivity contribution in [3.63, 3.8) is 0 Å². The maximum Gasteiger partial charge on any atom is 0.323 e. The summed E-state index contributed by atoms with van der Waals surface area (Å²) in [7, 11) is 0. The number of rotatable bonds is 4. The van der Waals surface area contributed by atoms with Gasteiger partial charge in [0.2, 0.25) is 5.91 Å². The molecule has 1 saturated heterocycles. The lowest BCUT2D eigenvalue weighted by molar-refractivity contribution is -0.141. The second kappa shape index (κ2) is 5.22. The summed E-state index contributed by atoms with van der Waals surface area (Å²) in [4.78, 5) is 34.8. The SMILES string of the molecule is O=C(O)CN1C(=O)SC(Cc2ccccc2)C1=O. The molecule has 1 aliphatic rings. The molecule has 2 amide bonds. The number of carboxylic acid groups (broad SMARTS) is 1. The molecule has 1 fully saturated rings. The fourth-order valence-corrected chi connectivity index (χ4v) is 2.76. The summed E-state index contributed by atoms with van der Waals surface area (Å²) in [5.74, 6) is -1.60. The number of imide groups is 1. The highest BCUT2D eigenvalue weighted by Gasteiger charge is 2.40. The predicted molar refractivity (Wildman–Crippen MR) is 66.3 cm³/mol. The number of amides is 2. The van der Waals surface area contributed by atoms with E-state index in [1.54, 1.807) is 0 Å². The summed E-state index contributed by atoms with van der Waals surface area (Å²) in [6, 6.07) is 9.33. The fraction of sp³-hybridized carbons (Fsp3) is 0.250. The van der Waals surface area contributed by atoms with Crippen molar-refractivity contribution in [3.05, 3.63) is 35.9 Å². The van der Waals surface area contributed by atoms with E-state index in [2.05, 4.69) is 0 Å². The summed E-state index contributed by atoms with van der Waals surface area (Å²) in [5, 5.41) is 7.63. The molecule has 0 saturated carbocycles. The molecule has 0 spiro atoms. The minimum absolute atomic E-state index is 0.420. The molecular weight excluding hydrogens is 254 g/mol. The second-order valence-electron chi connectivity index (χ2n) is 3.88. The van der Waals surface area contributed by atoms with Crippen molar-refractivity contribution in [1.29, 1.82) is 0 Å². The molecule has 1 aliphatic heterocycles. The molecule has 1 unspecified atom stereocenters. The van der Waals surface area contributed by atoms with Gasteiger partial charge >= 0.3 is 5.97 Å². The number of carbonyl (C=O) groups excluding carboxylic acids is 2. The van der Waals surface area contributed by atoms with Gasteiger partial charge in [0.25, 0.3) is 5.24 Å². The van der Waals surface area contributed by atoms with Gasteiger partial charge in [0, 0.05) is 0 Å². The summed E-state index contributed by atoms with van der Waals surface area (Å²) < 4.78 is 0.